The van der Waals surface area contributed by atoms with Gasteiger partial charge in [0.15, 0.2) is 5.60 Å². The Bertz CT molecular complexity index is 206. The molecule has 11 heavy (non-hydrogen) atoms. The fourth-order valence-corrected chi connectivity index (χ4v) is 2.20. The van der Waals surface area contributed by atoms with Crippen molar-refractivity contribution in [2.24, 2.45) is 0 Å². The largest absolute Gasteiger partial charge is 0.459 e. The van der Waals surface area contributed by atoms with Gasteiger partial charge in [0.1, 0.15) is 6.10 Å². The second-order valence-corrected chi connectivity index (χ2v) is 4.41. The molecular formula is C7H9BrO3. The first-order valence-corrected chi connectivity index (χ1v) is 4.61. The van der Waals surface area contributed by atoms with Crippen LogP contribution in [-0.4, -0.2) is 27.6 Å². The summed E-state index contributed by atoms with van der Waals surface area (Å²) in [7, 11) is 0. The molecule has 0 amide bonds. The molecule has 1 aliphatic carbocycles. The van der Waals surface area contributed by atoms with Gasteiger partial charge in [-0.25, -0.2) is 4.79 Å². The summed E-state index contributed by atoms with van der Waals surface area (Å²) in [6.07, 6.45) is 1.69. The number of hydrogen-bond acceptors (Lipinski definition) is 3. The molecule has 0 aromatic heterocycles. The van der Waals surface area contributed by atoms with Crippen molar-refractivity contribution in [3.8, 4) is 0 Å². The van der Waals surface area contributed by atoms with Gasteiger partial charge in [-0.05, 0) is 12.8 Å². The zero-order valence-electron chi connectivity index (χ0n) is 5.92. The average Bonchev–Trinajstić information content (AvgIpc) is 2.20. The molecule has 4 heteroatoms. The third-order valence-corrected chi connectivity index (χ3v) is 3.46. The maximum Gasteiger partial charge on any atom is 0.338 e. The molecule has 0 spiro atoms. The molecule has 1 saturated heterocycles. The molecule has 1 saturated carbocycles. The van der Waals surface area contributed by atoms with Crippen LogP contribution in [0.5, 0.6) is 0 Å². The maximum atomic E-state index is 11.0. The Hall–Kier alpha value is -0.0900. The van der Waals surface area contributed by atoms with Crippen LogP contribution in [0.15, 0.2) is 0 Å². The van der Waals surface area contributed by atoms with Gasteiger partial charge >= 0.3 is 5.97 Å². The lowest BCUT2D eigenvalue weighted by Gasteiger charge is -2.25. The van der Waals surface area contributed by atoms with E-state index in [1.807, 2.05) is 0 Å². The SMILES string of the molecule is O=C1O[C@@H]2C[C@@]1(O)CC[C@H]2Br. The predicted molar refractivity (Wildman–Crippen MR) is 41.4 cm³/mol. The molecule has 62 valence electrons. The minimum absolute atomic E-state index is 0.110. The highest BCUT2D eigenvalue weighted by Crippen LogP contribution is 2.40. The van der Waals surface area contributed by atoms with E-state index in [4.69, 9.17) is 4.74 Å². The molecule has 0 radical (unpaired) electrons. The lowest BCUT2D eigenvalue weighted by atomic mass is 9.86. The molecule has 0 aromatic rings. The summed E-state index contributed by atoms with van der Waals surface area (Å²) >= 11 is 3.40. The van der Waals surface area contributed by atoms with Gasteiger partial charge in [-0.2, -0.15) is 0 Å². The van der Waals surface area contributed by atoms with E-state index in [9.17, 15) is 9.90 Å². The normalized spacial score (nSPS) is 49.1. The van der Waals surface area contributed by atoms with Crippen molar-refractivity contribution in [2.45, 2.75) is 35.8 Å². The van der Waals surface area contributed by atoms with Crippen LogP contribution in [-0.2, 0) is 9.53 Å². The third-order valence-electron chi connectivity index (χ3n) is 2.41. The first-order valence-electron chi connectivity index (χ1n) is 3.69. The smallest absolute Gasteiger partial charge is 0.338 e. The van der Waals surface area contributed by atoms with Crippen molar-refractivity contribution >= 4 is 21.9 Å². The Labute approximate surface area is 72.9 Å². The molecule has 3 atom stereocenters. The second-order valence-electron chi connectivity index (χ2n) is 3.23. The Morgan fingerprint density at radius 3 is 3.09 bits per heavy atom. The predicted octanol–water partition coefficient (Wildman–Crippen LogP) is 0.590. The Balaban J connectivity index is 2.24. The van der Waals surface area contributed by atoms with Crippen molar-refractivity contribution in [1.82, 2.24) is 0 Å². The molecule has 2 rings (SSSR count). The van der Waals surface area contributed by atoms with Gasteiger partial charge < -0.3 is 9.84 Å². The molecule has 1 aliphatic heterocycles. The molecule has 0 unspecified atom stereocenters. The number of alkyl halides is 1. The van der Waals surface area contributed by atoms with E-state index in [1.54, 1.807) is 0 Å². The number of ether oxygens (including phenoxy) is 1. The van der Waals surface area contributed by atoms with Crippen molar-refractivity contribution in [1.29, 1.82) is 0 Å². The average molecular weight is 221 g/mol. The van der Waals surface area contributed by atoms with Crippen LogP contribution >= 0.6 is 15.9 Å². The lowest BCUT2D eigenvalue weighted by molar-refractivity contribution is -0.153. The number of hydrogen-bond donors (Lipinski definition) is 1. The van der Waals surface area contributed by atoms with Gasteiger partial charge in [-0.1, -0.05) is 15.9 Å². The fraction of sp³-hybridized carbons (Fsp3) is 0.857. The minimum atomic E-state index is -1.16. The van der Waals surface area contributed by atoms with Crippen molar-refractivity contribution in [3.05, 3.63) is 0 Å². The molecule has 3 nitrogen and oxygen atoms in total. The molecular weight excluding hydrogens is 212 g/mol. The number of carbonyl (C=O) groups is 1. The van der Waals surface area contributed by atoms with Crippen LogP contribution < -0.4 is 0 Å². The first kappa shape index (κ1) is 7.55. The Morgan fingerprint density at radius 2 is 2.45 bits per heavy atom. The van der Waals surface area contributed by atoms with Gasteiger partial charge in [0, 0.05) is 6.42 Å². The van der Waals surface area contributed by atoms with Crippen LogP contribution in [0.2, 0.25) is 0 Å². The molecule has 0 aromatic carbocycles. The Morgan fingerprint density at radius 1 is 1.73 bits per heavy atom. The fourth-order valence-electron chi connectivity index (χ4n) is 1.67. The number of halogens is 1. The molecule has 2 aliphatic rings. The summed E-state index contributed by atoms with van der Waals surface area (Å²) in [6, 6.07) is 0. The first-order chi connectivity index (χ1) is 5.12. The van der Waals surface area contributed by atoms with Crippen LogP contribution in [0, 0.1) is 0 Å². The summed E-state index contributed by atoms with van der Waals surface area (Å²) < 4.78 is 4.96. The lowest BCUT2D eigenvalue weighted by Crippen LogP contribution is -2.38. The molecule has 2 fully saturated rings. The van der Waals surface area contributed by atoms with E-state index in [0.29, 0.717) is 12.8 Å². The van der Waals surface area contributed by atoms with E-state index in [1.165, 1.54) is 0 Å². The zero-order valence-corrected chi connectivity index (χ0v) is 7.50. The summed E-state index contributed by atoms with van der Waals surface area (Å²) in [6.45, 7) is 0. The van der Waals surface area contributed by atoms with Gasteiger partial charge in [0.25, 0.3) is 0 Å². The van der Waals surface area contributed by atoms with Crippen molar-refractivity contribution < 1.29 is 14.6 Å². The zero-order chi connectivity index (χ0) is 8.06. The van der Waals surface area contributed by atoms with E-state index in [-0.39, 0.29) is 10.9 Å². The number of esters is 1. The van der Waals surface area contributed by atoms with Crippen molar-refractivity contribution in [3.63, 3.8) is 0 Å². The third kappa shape index (κ3) is 0.999. The summed E-state index contributed by atoms with van der Waals surface area (Å²) in [5.74, 6) is -0.440. The standard InChI is InChI=1S/C7H9BrO3/c8-4-1-2-7(10)3-5(4)11-6(7)9/h4-5,10H,1-3H2/t4-,5-,7+/m1/s1. The maximum absolute atomic E-state index is 11.0. The van der Waals surface area contributed by atoms with E-state index in [0.717, 1.165) is 6.42 Å². The number of aliphatic hydroxyl groups is 1. The van der Waals surface area contributed by atoms with Gasteiger partial charge in [0.2, 0.25) is 0 Å². The monoisotopic (exact) mass is 220 g/mol. The highest BCUT2D eigenvalue weighted by molar-refractivity contribution is 9.09. The molecule has 1 N–H and O–H groups in total. The topological polar surface area (TPSA) is 46.5 Å². The van der Waals surface area contributed by atoms with Crippen LogP contribution in [0.25, 0.3) is 0 Å². The van der Waals surface area contributed by atoms with E-state index >= 15 is 0 Å². The highest BCUT2D eigenvalue weighted by atomic mass is 79.9. The summed E-state index contributed by atoms with van der Waals surface area (Å²) in [5, 5.41) is 9.61. The number of rotatable bonds is 0. The van der Waals surface area contributed by atoms with E-state index in [2.05, 4.69) is 15.9 Å². The van der Waals surface area contributed by atoms with E-state index < -0.39 is 11.6 Å². The van der Waals surface area contributed by atoms with Gasteiger partial charge in [-0.3, -0.25) is 0 Å². The Kier molecular flexibility index (Phi) is 1.51. The van der Waals surface area contributed by atoms with Gasteiger partial charge in [0.05, 0.1) is 4.83 Å². The summed E-state index contributed by atoms with van der Waals surface area (Å²) in [4.78, 5) is 11.3. The molecule has 2 bridgehead atoms. The number of carbonyl (C=O) groups excluding carboxylic acids is 1. The quantitative estimate of drug-likeness (QED) is 0.481. The van der Waals surface area contributed by atoms with Crippen LogP contribution in [0.3, 0.4) is 0 Å². The minimum Gasteiger partial charge on any atom is -0.459 e. The highest BCUT2D eigenvalue weighted by Gasteiger charge is 2.53. The summed E-state index contributed by atoms with van der Waals surface area (Å²) in [5.41, 5.74) is -1.16. The van der Waals surface area contributed by atoms with Crippen LogP contribution in [0.4, 0.5) is 0 Å². The second kappa shape index (κ2) is 2.20. The van der Waals surface area contributed by atoms with Gasteiger partial charge in [-0.15, -0.1) is 0 Å². The van der Waals surface area contributed by atoms with Crippen LogP contribution in [0.1, 0.15) is 19.3 Å². The number of fused-ring (bicyclic) bond motifs is 2. The van der Waals surface area contributed by atoms with Crippen molar-refractivity contribution in [2.75, 3.05) is 0 Å². The molecule has 1 heterocycles.